The summed E-state index contributed by atoms with van der Waals surface area (Å²) < 4.78 is 11.3. The lowest BCUT2D eigenvalue weighted by Gasteiger charge is -2.29. The summed E-state index contributed by atoms with van der Waals surface area (Å²) >= 11 is 0. The summed E-state index contributed by atoms with van der Waals surface area (Å²) in [6.45, 7) is 1.52. The van der Waals surface area contributed by atoms with E-state index in [1.54, 1.807) is 17.3 Å². The molecule has 2 amide bonds. The zero-order valence-corrected chi connectivity index (χ0v) is 15.4. The number of pyridine rings is 1. The standard InChI is InChI=1S/C21H25N3O3/c25-21(23-17-6-2-1-3-7-17)24(15-16-5-4-10-22-14-16)18-8-9-19-20(13-18)27-12-11-26-19/h4-5,8-10,13-14,17H,1-3,6-7,11-12,15H2,(H,23,25). The predicted octanol–water partition coefficient (Wildman–Crippen LogP) is 3.90. The molecule has 1 aliphatic carbocycles. The second kappa shape index (κ2) is 8.29. The molecule has 1 aromatic heterocycles. The molecule has 1 aromatic carbocycles. The van der Waals surface area contributed by atoms with Crippen molar-refractivity contribution in [2.75, 3.05) is 18.1 Å². The van der Waals surface area contributed by atoms with Gasteiger partial charge in [-0.25, -0.2) is 4.79 Å². The fraction of sp³-hybridized carbons (Fsp3) is 0.429. The van der Waals surface area contributed by atoms with Crippen molar-refractivity contribution in [3.05, 3.63) is 48.3 Å². The Morgan fingerprint density at radius 3 is 2.70 bits per heavy atom. The summed E-state index contributed by atoms with van der Waals surface area (Å²) in [4.78, 5) is 19.0. The van der Waals surface area contributed by atoms with E-state index in [9.17, 15) is 4.79 Å². The van der Waals surface area contributed by atoms with Gasteiger partial charge in [0.15, 0.2) is 11.5 Å². The highest BCUT2D eigenvalue weighted by atomic mass is 16.6. The molecule has 27 heavy (non-hydrogen) atoms. The number of ether oxygens (including phenoxy) is 2. The number of anilines is 1. The van der Waals surface area contributed by atoms with E-state index in [1.165, 1.54) is 19.3 Å². The molecule has 0 radical (unpaired) electrons. The first-order chi connectivity index (χ1) is 13.3. The SMILES string of the molecule is O=C(NC1CCCCC1)N(Cc1cccnc1)c1ccc2c(c1)OCCO2. The van der Waals surface area contributed by atoms with Gasteiger partial charge in [-0.3, -0.25) is 9.88 Å². The number of benzene rings is 1. The number of carbonyl (C=O) groups excluding carboxylic acids is 1. The number of rotatable bonds is 4. The van der Waals surface area contributed by atoms with Gasteiger partial charge in [-0.2, -0.15) is 0 Å². The molecule has 142 valence electrons. The van der Waals surface area contributed by atoms with E-state index in [0.717, 1.165) is 29.8 Å². The summed E-state index contributed by atoms with van der Waals surface area (Å²) in [6, 6.07) is 9.69. The molecule has 1 saturated carbocycles. The topological polar surface area (TPSA) is 63.7 Å². The highest BCUT2D eigenvalue weighted by Gasteiger charge is 2.23. The fourth-order valence-electron chi connectivity index (χ4n) is 3.65. The molecule has 0 atom stereocenters. The smallest absolute Gasteiger partial charge is 0.322 e. The highest BCUT2D eigenvalue weighted by Crippen LogP contribution is 2.34. The van der Waals surface area contributed by atoms with Crippen LogP contribution in [0.5, 0.6) is 11.5 Å². The lowest BCUT2D eigenvalue weighted by Crippen LogP contribution is -2.45. The number of amides is 2. The average Bonchev–Trinajstić information content (AvgIpc) is 2.73. The van der Waals surface area contributed by atoms with Gasteiger partial charge in [0.1, 0.15) is 13.2 Å². The lowest BCUT2D eigenvalue weighted by molar-refractivity contribution is 0.171. The number of aromatic nitrogens is 1. The Bertz CT molecular complexity index is 775. The van der Waals surface area contributed by atoms with E-state index in [0.29, 0.717) is 25.5 Å². The van der Waals surface area contributed by atoms with Crippen molar-refractivity contribution in [3.8, 4) is 11.5 Å². The summed E-state index contributed by atoms with van der Waals surface area (Å²) in [5, 5.41) is 3.21. The van der Waals surface area contributed by atoms with Crippen molar-refractivity contribution in [2.45, 2.75) is 44.7 Å². The number of hydrogen-bond acceptors (Lipinski definition) is 4. The molecule has 2 heterocycles. The maximum atomic E-state index is 13.1. The van der Waals surface area contributed by atoms with Gasteiger partial charge in [-0.1, -0.05) is 25.3 Å². The Labute approximate surface area is 159 Å². The van der Waals surface area contributed by atoms with Crippen LogP contribution in [0.3, 0.4) is 0 Å². The molecule has 6 nitrogen and oxygen atoms in total. The lowest BCUT2D eigenvalue weighted by atomic mass is 9.96. The van der Waals surface area contributed by atoms with Crippen LogP contribution in [0.25, 0.3) is 0 Å². The molecule has 2 aromatic rings. The number of nitrogens with one attached hydrogen (secondary N) is 1. The van der Waals surface area contributed by atoms with E-state index >= 15 is 0 Å². The summed E-state index contributed by atoms with van der Waals surface area (Å²) in [7, 11) is 0. The van der Waals surface area contributed by atoms with Crippen molar-refractivity contribution >= 4 is 11.7 Å². The Kier molecular flexibility index (Phi) is 5.42. The highest BCUT2D eigenvalue weighted by molar-refractivity contribution is 5.92. The van der Waals surface area contributed by atoms with E-state index in [2.05, 4.69) is 10.3 Å². The van der Waals surface area contributed by atoms with E-state index in [4.69, 9.17) is 9.47 Å². The zero-order chi connectivity index (χ0) is 18.5. The molecule has 1 fully saturated rings. The fourth-order valence-corrected chi connectivity index (χ4v) is 3.65. The van der Waals surface area contributed by atoms with Crippen molar-refractivity contribution in [1.29, 1.82) is 0 Å². The Morgan fingerprint density at radius 2 is 1.93 bits per heavy atom. The molecule has 6 heteroatoms. The molecule has 2 aliphatic rings. The minimum atomic E-state index is -0.0811. The van der Waals surface area contributed by atoms with Gasteiger partial charge in [0, 0.05) is 30.2 Å². The quantitative estimate of drug-likeness (QED) is 0.890. The second-order valence-electron chi connectivity index (χ2n) is 7.06. The van der Waals surface area contributed by atoms with Gasteiger partial charge in [-0.15, -0.1) is 0 Å². The van der Waals surface area contributed by atoms with Crippen molar-refractivity contribution in [1.82, 2.24) is 10.3 Å². The largest absolute Gasteiger partial charge is 0.486 e. The number of carbonyl (C=O) groups is 1. The maximum Gasteiger partial charge on any atom is 0.322 e. The predicted molar refractivity (Wildman–Crippen MR) is 103 cm³/mol. The van der Waals surface area contributed by atoms with Gasteiger partial charge in [0.2, 0.25) is 0 Å². The molecule has 1 aliphatic heterocycles. The van der Waals surface area contributed by atoms with Crippen LogP contribution in [0.4, 0.5) is 10.5 Å². The Morgan fingerprint density at radius 1 is 1.11 bits per heavy atom. The molecular formula is C21H25N3O3. The minimum Gasteiger partial charge on any atom is -0.486 e. The summed E-state index contributed by atoms with van der Waals surface area (Å²) in [5.41, 5.74) is 1.77. The minimum absolute atomic E-state index is 0.0811. The van der Waals surface area contributed by atoms with Gasteiger partial charge in [0.05, 0.1) is 6.54 Å². The average molecular weight is 367 g/mol. The first kappa shape index (κ1) is 17.6. The molecule has 4 rings (SSSR count). The van der Waals surface area contributed by atoms with Crippen LogP contribution in [0.15, 0.2) is 42.7 Å². The summed E-state index contributed by atoms with van der Waals surface area (Å²) in [6.07, 6.45) is 9.24. The van der Waals surface area contributed by atoms with Crippen molar-refractivity contribution in [3.63, 3.8) is 0 Å². The molecule has 1 N–H and O–H groups in total. The maximum absolute atomic E-state index is 13.1. The molecular weight excluding hydrogens is 342 g/mol. The van der Waals surface area contributed by atoms with Crippen molar-refractivity contribution < 1.29 is 14.3 Å². The van der Waals surface area contributed by atoms with Crippen LogP contribution in [0.1, 0.15) is 37.7 Å². The third-order valence-electron chi connectivity index (χ3n) is 5.08. The number of nitrogens with zero attached hydrogens (tertiary/aromatic N) is 2. The van der Waals surface area contributed by atoms with Crippen LogP contribution in [-0.2, 0) is 6.54 Å². The van der Waals surface area contributed by atoms with Gasteiger partial charge in [0.25, 0.3) is 0 Å². The zero-order valence-electron chi connectivity index (χ0n) is 15.4. The molecule has 0 saturated heterocycles. The number of fused-ring (bicyclic) bond motifs is 1. The first-order valence-electron chi connectivity index (χ1n) is 9.66. The molecule has 0 bridgehead atoms. The molecule has 0 spiro atoms. The number of urea groups is 1. The van der Waals surface area contributed by atoms with Crippen LogP contribution in [0, 0.1) is 0 Å². The summed E-state index contributed by atoms with van der Waals surface area (Å²) in [5.74, 6) is 1.40. The van der Waals surface area contributed by atoms with E-state index in [-0.39, 0.29) is 12.1 Å². The van der Waals surface area contributed by atoms with Crippen molar-refractivity contribution in [2.24, 2.45) is 0 Å². The van der Waals surface area contributed by atoms with Gasteiger partial charge >= 0.3 is 6.03 Å². The molecule has 0 unspecified atom stereocenters. The van der Waals surface area contributed by atoms with Gasteiger partial charge < -0.3 is 14.8 Å². The van der Waals surface area contributed by atoms with Crippen LogP contribution in [-0.4, -0.2) is 30.3 Å². The Balaban J connectivity index is 1.58. The third kappa shape index (κ3) is 4.32. The normalized spacial score (nSPS) is 16.6. The number of hydrogen-bond donors (Lipinski definition) is 1. The second-order valence-corrected chi connectivity index (χ2v) is 7.06. The van der Waals surface area contributed by atoms with E-state index < -0.39 is 0 Å². The van der Waals surface area contributed by atoms with Crippen LogP contribution < -0.4 is 19.7 Å². The van der Waals surface area contributed by atoms with E-state index in [1.807, 2.05) is 30.3 Å². The third-order valence-corrected chi connectivity index (χ3v) is 5.08. The van der Waals surface area contributed by atoms with Gasteiger partial charge in [-0.05, 0) is 36.6 Å². The first-order valence-corrected chi connectivity index (χ1v) is 9.66. The van der Waals surface area contributed by atoms with Crippen LogP contribution in [0.2, 0.25) is 0 Å². The van der Waals surface area contributed by atoms with Crippen LogP contribution >= 0.6 is 0 Å². The monoisotopic (exact) mass is 367 g/mol. The Hall–Kier alpha value is -2.76.